The van der Waals surface area contributed by atoms with E-state index in [0.29, 0.717) is 41.7 Å². The summed E-state index contributed by atoms with van der Waals surface area (Å²) in [5.41, 5.74) is 7.51. The lowest BCUT2D eigenvalue weighted by molar-refractivity contribution is -0.118. The van der Waals surface area contributed by atoms with Crippen LogP contribution in [-0.2, 0) is 4.79 Å². The Kier molecular flexibility index (Phi) is 8.26. The fourth-order valence-corrected chi connectivity index (χ4v) is 5.02. The molecule has 11 heteroatoms. The van der Waals surface area contributed by atoms with E-state index in [0.717, 1.165) is 24.0 Å². The molecule has 2 aliphatic heterocycles. The second kappa shape index (κ2) is 12.2. The zero-order valence-electron chi connectivity index (χ0n) is 22.1. The molecule has 3 N–H and O–H groups in total. The molecule has 1 fully saturated rings. The Balaban J connectivity index is 1.31. The van der Waals surface area contributed by atoms with Gasteiger partial charge < -0.3 is 25.4 Å². The summed E-state index contributed by atoms with van der Waals surface area (Å²) in [5, 5.41) is 7.52. The van der Waals surface area contributed by atoms with Crippen molar-refractivity contribution >= 4 is 28.3 Å². The van der Waals surface area contributed by atoms with E-state index >= 15 is 0 Å². The minimum atomic E-state index is -0.505. The van der Waals surface area contributed by atoms with Crippen molar-refractivity contribution in [1.29, 1.82) is 0 Å². The van der Waals surface area contributed by atoms with Crippen LogP contribution in [0.5, 0.6) is 11.5 Å². The van der Waals surface area contributed by atoms with Crippen LogP contribution in [0.1, 0.15) is 25.7 Å². The van der Waals surface area contributed by atoms with Crippen LogP contribution in [0.2, 0.25) is 0 Å². The number of nitrogens with one attached hydrogen (secondary N) is 1. The number of amides is 1. The number of nitrogens with two attached hydrogens (primary N) is 1. The number of likely N-dealkylation sites (tertiary alicyclic amines) is 1. The number of piperidine rings is 1. The maximum atomic E-state index is 13.9. The van der Waals surface area contributed by atoms with Gasteiger partial charge in [0.1, 0.15) is 24.5 Å². The van der Waals surface area contributed by atoms with Gasteiger partial charge in [-0.05, 0) is 56.6 Å². The topological polar surface area (TPSA) is 109 Å². The van der Waals surface area contributed by atoms with Crippen LogP contribution in [-0.4, -0.2) is 72.2 Å². The van der Waals surface area contributed by atoms with E-state index in [4.69, 9.17) is 15.2 Å². The third-order valence-electron chi connectivity index (χ3n) is 6.88. The smallest absolute Gasteiger partial charge is 0.239 e. The Hall–Kier alpha value is -4.12. The Bertz CT molecular complexity index is 1350. The van der Waals surface area contributed by atoms with Gasteiger partial charge in [0, 0.05) is 24.2 Å². The van der Waals surface area contributed by atoms with Gasteiger partial charge >= 0.3 is 0 Å². The number of rotatable bonds is 11. The molecule has 0 aliphatic carbocycles. The number of carbonyl (C=O) groups is 1. The van der Waals surface area contributed by atoms with Gasteiger partial charge in [0.2, 0.25) is 5.91 Å². The van der Waals surface area contributed by atoms with Crippen molar-refractivity contribution in [2.24, 2.45) is 5.73 Å². The number of hydrazine groups is 1. The molecule has 3 heterocycles. The van der Waals surface area contributed by atoms with Crippen molar-refractivity contribution < 1.29 is 18.7 Å². The van der Waals surface area contributed by atoms with Crippen molar-refractivity contribution in [2.45, 2.75) is 25.7 Å². The molecule has 0 bridgehead atoms. The molecular weight excluding hydrogens is 501 g/mol. The highest BCUT2D eigenvalue weighted by Crippen LogP contribution is 2.35. The number of benzene rings is 2. The van der Waals surface area contributed by atoms with Gasteiger partial charge in [-0.25, -0.2) is 14.4 Å². The number of halogens is 1. The first-order chi connectivity index (χ1) is 19.0. The lowest BCUT2D eigenvalue weighted by Gasteiger charge is -2.29. The monoisotopic (exact) mass is 535 g/mol. The first kappa shape index (κ1) is 26.5. The molecule has 2 aliphatic rings. The van der Waals surface area contributed by atoms with E-state index in [1.165, 1.54) is 50.8 Å². The van der Waals surface area contributed by atoms with E-state index in [9.17, 15) is 9.18 Å². The molecule has 5 rings (SSSR count). The predicted molar refractivity (Wildman–Crippen MR) is 148 cm³/mol. The fourth-order valence-electron chi connectivity index (χ4n) is 5.02. The van der Waals surface area contributed by atoms with Crippen molar-refractivity contribution in [3.05, 3.63) is 60.4 Å². The van der Waals surface area contributed by atoms with Crippen molar-refractivity contribution in [3.63, 3.8) is 0 Å². The molecule has 0 saturated carbocycles. The largest absolute Gasteiger partial charge is 0.493 e. The van der Waals surface area contributed by atoms with Crippen LogP contribution in [0.3, 0.4) is 0 Å². The number of carbonyl (C=O) groups excluding carboxylic acids is 1. The molecular formula is C28H34FN7O3. The molecule has 2 aromatic carbocycles. The van der Waals surface area contributed by atoms with Gasteiger partial charge in [-0.3, -0.25) is 14.8 Å². The fraction of sp³-hybridized carbons (Fsp3) is 0.393. The molecule has 206 valence electrons. The van der Waals surface area contributed by atoms with Gasteiger partial charge in [0.05, 0.1) is 37.2 Å². The molecule has 10 nitrogen and oxygen atoms in total. The van der Waals surface area contributed by atoms with E-state index in [-0.39, 0.29) is 12.4 Å². The molecule has 3 aromatic rings. The summed E-state index contributed by atoms with van der Waals surface area (Å²) in [6.45, 7) is 4.26. The SMILES string of the molecule is COc1cc2c(NC3=CN(CC(N)=O)N(c4cccc(F)c4)C3)ncnc2cc1OCCCN1CCCCC1. The molecule has 39 heavy (non-hydrogen) atoms. The van der Waals surface area contributed by atoms with Crippen LogP contribution >= 0.6 is 0 Å². The summed E-state index contributed by atoms with van der Waals surface area (Å²) in [4.78, 5) is 23.1. The number of anilines is 2. The number of methoxy groups -OCH3 is 1. The lowest BCUT2D eigenvalue weighted by atomic mass is 10.1. The van der Waals surface area contributed by atoms with Crippen LogP contribution in [0.4, 0.5) is 15.9 Å². The van der Waals surface area contributed by atoms with E-state index < -0.39 is 5.91 Å². The van der Waals surface area contributed by atoms with Crippen LogP contribution in [0.25, 0.3) is 10.9 Å². The molecule has 0 spiro atoms. The quantitative estimate of drug-likeness (QED) is 0.357. The average molecular weight is 536 g/mol. The number of ether oxygens (including phenoxy) is 2. The van der Waals surface area contributed by atoms with Gasteiger partial charge in [-0.2, -0.15) is 0 Å². The second-order valence-electron chi connectivity index (χ2n) is 9.73. The van der Waals surface area contributed by atoms with Crippen LogP contribution in [0.15, 0.2) is 54.6 Å². The summed E-state index contributed by atoms with van der Waals surface area (Å²) in [5.74, 6) is 0.927. The number of aromatic nitrogens is 2. The zero-order chi connectivity index (χ0) is 27.2. The average Bonchev–Trinajstić information content (AvgIpc) is 3.32. The lowest BCUT2D eigenvalue weighted by Crippen LogP contribution is -2.41. The van der Waals surface area contributed by atoms with Gasteiger partial charge in [-0.1, -0.05) is 12.5 Å². The number of hydrogen-bond acceptors (Lipinski definition) is 9. The predicted octanol–water partition coefficient (Wildman–Crippen LogP) is 3.51. The second-order valence-corrected chi connectivity index (χ2v) is 9.73. The Morgan fingerprint density at radius 1 is 1.13 bits per heavy atom. The number of nitrogens with zero attached hydrogens (tertiary/aromatic N) is 5. The number of primary amides is 1. The third kappa shape index (κ3) is 6.48. The van der Waals surface area contributed by atoms with Crippen molar-refractivity contribution in [1.82, 2.24) is 19.9 Å². The minimum absolute atomic E-state index is 0.0570. The van der Waals surface area contributed by atoms with Crippen LogP contribution < -0.4 is 25.5 Å². The molecule has 1 saturated heterocycles. The normalized spacial score (nSPS) is 15.9. The highest BCUT2D eigenvalue weighted by molar-refractivity contribution is 5.92. The van der Waals surface area contributed by atoms with E-state index in [1.54, 1.807) is 35.5 Å². The first-order valence-corrected chi connectivity index (χ1v) is 13.2. The molecule has 1 amide bonds. The standard InChI is InChI=1S/C28H34FN7O3/c1-38-25-14-23-24(15-26(25)39-12-6-11-34-9-3-2-4-10-34)31-19-32-28(23)33-21-16-35(18-27(30)37)36(17-21)22-8-5-7-20(29)13-22/h5,7-8,13-16,19H,2-4,6,9-12,17-18H2,1H3,(H2,30,37)(H,31,32,33). The zero-order valence-corrected chi connectivity index (χ0v) is 22.1. The Morgan fingerprint density at radius 2 is 1.97 bits per heavy atom. The number of fused-ring (bicyclic) bond motifs is 1. The number of hydrogen-bond donors (Lipinski definition) is 2. The van der Waals surface area contributed by atoms with Crippen LogP contribution in [0, 0.1) is 5.82 Å². The minimum Gasteiger partial charge on any atom is -0.493 e. The highest BCUT2D eigenvalue weighted by Gasteiger charge is 2.25. The van der Waals surface area contributed by atoms with E-state index in [2.05, 4.69) is 20.2 Å². The molecule has 0 radical (unpaired) electrons. The van der Waals surface area contributed by atoms with Gasteiger partial charge in [0.15, 0.2) is 11.5 Å². The maximum Gasteiger partial charge on any atom is 0.239 e. The van der Waals surface area contributed by atoms with Crippen molar-refractivity contribution in [3.8, 4) is 11.5 Å². The van der Waals surface area contributed by atoms with E-state index in [1.807, 2.05) is 12.1 Å². The molecule has 0 unspecified atom stereocenters. The molecule has 0 atom stereocenters. The summed E-state index contributed by atoms with van der Waals surface area (Å²) in [6, 6.07) is 9.90. The van der Waals surface area contributed by atoms with Gasteiger partial charge in [0.25, 0.3) is 0 Å². The highest BCUT2D eigenvalue weighted by atomic mass is 19.1. The Morgan fingerprint density at radius 3 is 2.74 bits per heavy atom. The summed E-state index contributed by atoms with van der Waals surface area (Å²) in [6.07, 6.45) is 8.07. The van der Waals surface area contributed by atoms with Gasteiger partial charge in [-0.15, -0.1) is 0 Å². The van der Waals surface area contributed by atoms with Crippen molar-refractivity contribution in [2.75, 3.05) is 56.8 Å². The summed E-state index contributed by atoms with van der Waals surface area (Å²) >= 11 is 0. The summed E-state index contributed by atoms with van der Waals surface area (Å²) in [7, 11) is 1.61. The Labute approximate surface area is 227 Å². The molecule has 1 aromatic heterocycles. The maximum absolute atomic E-state index is 13.9. The summed E-state index contributed by atoms with van der Waals surface area (Å²) < 4.78 is 25.6. The third-order valence-corrected chi connectivity index (χ3v) is 6.88. The first-order valence-electron chi connectivity index (χ1n) is 13.2.